The van der Waals surface area contributed by atoms with E-state index < -0.39 is 5.63 Å². The van der Waals surface area contributed by atoms with Gasteiger partial charge in [0, 0.05) is 23.4 Å². The van der Waals surface area contributed by atoms with Crippen LogP contribution in [0.15, 0.2) is 21.3 Å². The van der Waals surface area contributed by atoms with E-state index in [0.717, 1.165) is 23.8 Å². The van der Waals surface area contributed by atoms with Crippen molar-refractivity contribution in [3.05, 3.63) is 38.7 Å². The standard InChI is InChI=1S/C19H23ClO5/c1-4-6-9-24-17-11-16-14(10-15(17)20)12(3)13(19(22)25-16)7-8-18(21)23-5-2/h10-11H,4-9H2,1-3H3. The molecular weight excluding hydrogens is 344 g/mol. The third-order valence-corrected chi connectivity index (χ3v) is 4.28. The Labute approximate surface area is 151 Å². The largest absolute Gasteiger partial charge is 0.492 e. The van der Waals surface area contributed by atoms with Gasteiger partial charge in [-0.2, -0.15) is 0 Å². The molecule has 0 atom stereocenters. The third kappa shape index (κ3) is 4.75. The van der Waals surface area contributed by atoms with Crippen molar-refractivity contribution in [2.45, 2.75) is 46.5 Å². The lowest BCUT2D eigenvalue weighted by Crippen LogP contribution is -2.13. The molecule has 0 spiro atoms. The highest BCUT2D eigenvalue weighted by molar-refractivity contribution is 6.32. The second-order valence-electron chi connectivity index (χ2n) is 5.78. The zero-order valence-corrected chi connectivity index (χ0v) is 15.6. The second kappa shape index (κ2) is 8.90. The molecule has 0 N–H and O–H groups in total. The molecule has 1 aromatic heterocycles. The molecule has 2 aromatic rings. The molecule has 1 heterocycles. The van der Waals surface area contributed by atoms with Gasteiger partial charge in [0.25, 0.3) is 0 Å². The van der Waals surface area contributed by atoms with Crippen molar-refractivity contribution < 1.29 is 18.7 Å². The minimum atomic E-state index is -0.448. The molecule has 0 bridgehead atoms. The molecule has 0 aliphatic heterocycles. The van der Waals surface area contributed by atoms with Crippen LogP contribution in [-0.4, -0.2) is 19.2 Å². The predicted molar refractivity (Wildman–Crippen MR) is 97.6 cm³/mol. The van der Waals surface area contributed by atoms with Crippen molar-refractivity contribution >= 4 is 28.5 Å². The van der Waals surface area contributed by atoms with Gasteiger partial charge < -0.3 is 13.9 Å². The number of aryl methyl sites for hydroxylation is 1. The Morgan fingerprint density at radius 2 is 2.04 bits per heavy atom. The summed E-state index contributed by atoms with van der Waals surface area (Å²) in [6.07, 6.45) is 2.35. The number of benzene rings is 1. The first kappa shape index (κ1) is 19.3. The monoisotopic (exact) mass is 366 g/mol. The molecule has 0 saturated carbocycles. The number of ether oxygens (including phenoxy) is 2. The van der Waals surface area contributed by atoms with E-state index in [4.69, 9.17) is 25.5 Å². The molecule has 0 unspecified atom stereocenters. The van der Waals surface area contributed by atoms with Crippen LogP contribution in [0.25, 0.3) is 11.0 Å². The van der Waals surface area contributed by atoms with E-state index in [1.807, 2.05) is 6.92 Å². The quantitative estimate of drug-likeness (QED) is 0.393. The van der Waals surface area contributed by atoms with Gasteiger partial charge in [-0.25, -0.2) is 4.79 Å². The fraction of sp³-hybridized carbons (Fsp3) is 0.474. The summed E-state index contributed by atoms with van der Waals surface area (Å²) in [5, 5.41) is 1.21. The van der Waals surface area contributed by atoms with Crippen LogP contribution >= 0.6 is 11.6 Å². The lowest BCUT2D eigenvalue weighted by molar-refractivity contribution is -0.143. The van der Waals surface area contributed by atoms with Crippen LogP contribution < -0.4 is 10.4 Å². The number of carbonyl (C=O) groups is 1. The Hall–Kier alpha value is -2.01. The van der Waals surface area contributed by atoms with Crippen LogP contribution in [0.5, 0.6) is 5.75 Å². The Kier molecular flexibility index (Phi) is 6.88. The van der Waals surface area contributed by atoms with E-state index in [2.05, 4.69) is 6.92 Å². The first-order chi connectivity index (χ1) is 12.0. The maximum Gasteiger partial charge on any atom is 0.339 e. The SMILES string of the molecule is CCCCOc1cc2oc(=O)c(CCC(=O)OCC)c(C)c2cc1Cl. The Morgan fingerprint density at radius 1 is 1.28 bits per heavy atom. The summed E-state index contributed by atoms with van der Waals surface area (Å²) in [5.41, 5.74) is 1.21. The zero-order chi connectivity index (χ0) is 18.4. The highest BCUT2D eigenvalue weighted by Crippen LogP contribution is 2.32. The van der Waals surface area contributed by atoms with Crippen LogP contribution in [0.3, 0.4) is 0 Å². The Morgan fingerprint density at radius 3 is 2.72 bits per heavy atom. The summed E-state index contributed by atoms with van der Waals surface area (Å²) in [5.74, 6) is 0.170. The number of hydrogen-bond acceptors (Lipinski definition) is 5. The fourth-order valence-corrected chi connectivity index (χ4v) is 2.79. The average molecular weight is 367 g/mol. The van der Waals surface area contributed by atoms with Crippen molar-refractivity contribution in [1.82, 2.24) is 0 Å². The van der Waals surface area contributed by atoms with E-state index >= 15 is 0 Å². The number of hydrogen-bond donors (Lipinski definition) is 0. The van der Waals surface area contributed by atoms with Gasteiger partial charge in [-0.3, -0.25) is 4.79 Å². The van der Waals surface area contributed by atoms with Crippen molar-refractivity contribution in [2.75, 3.05) is 13.2 Å². The van der Waals surface area contributed by atoms with Gasteiger partial charge in [0.05, 0.1) is 18.2 Å². The lowest BCUT2D eigenvalue weighted by Gasteiger charge is -2.11. The summed E-state index contributed by atoms with van der Waals surface area (Å²) < 4.78 is 16.0. The molecule has 6 heteroatoms. The van der Waals surface area contributed by atoms with Crippen molar-refractivity contribution in [3.8, 4) is 5.75 Å². The van der Waals surface area contributed by atoms with E-state index in [-0.39, 0.29) is 18.8 Å². The molecule has 0 saturated heterocycles. The molecule has 136 valence electrons. The number of halogens is 1. The van der Waals surface area contributed by atoms with Gasteiger partial charge in [0.15, 0.2) is 0 Å². The summed E-state index contributed by atoms with van der Waals surface area (Å²) in [6.45, 7) is 6.53. The van der Waals surface area contributed by atoms with Crippen LogP contribution in [0.1, 0.15) is 44.2 Å². The molecule has 2 rings (SSSR count). The molecule has 0 fully saturated rings. The third-order valence-electron chi connectivity index (χ3n) is 3.98. The van der Waals surface area contributed by atoms with Gasteiger partial charge in [-0.05, 0) is 38.3 Å². The molecular formula is C19H23ClO5. The van der Waals surface area contributed by atoms with Crippen LogP contribution in [-0.2, 0) is 16.0 Å². The summed E-state index contributed by atoms with van der Waals surface area (Å²) >= 11 is 6.30. The van der Waals surface area contributed by atoms with Crippen LogP contribution in [0.4, 0.5) is 0 Å². The average Bonchev–Trinajstić information content (AvgIpc) is 2.56. The molecule has 0 aliphatic carbocycles. The normalized spacial score (nSPS) is 10.9. The Balaban J connectivity index is 2.33. The Bertz CT molecular complexity index is 810. The minimum Gasteiger partial charge on any atom is -0.492 e. The lowest BCUT2D eigenvalue weighted by atomic mass is 10.0. The first-order valence-electron chi connectivity index (χ1n) is 8.52. The number of fused-ring (bicyclic) bond motifs is 1. The molecule has 25 heavy (non-hydrogen) atoms. The first-order valence-corrected chi connectivity index (χ1v) is 8.90. The molecule has 0 radical (unpaired) electrons. The number of carbonyl (C=O) groups excluding carboxylic acids is 1. The van der Waals surface area contributed by atoms with Crippen LogP contribution in [0.2, 0.25) is 5.02 Å². The molecule has 0 aliphatic rings. The van der Waals surface area contributed by atoms with Crippen molar-refractivity contribution in [1.29, 1.82) is 0 Å². The zero-order valence-electron chi connectivity index (χ0n) is 14.8. The predicted octanol–water partition coefficient (Wildman–Crippen LogP) is 4.43. The topological polar surface area (TPSA) is 65.7 Å². The smallest absolute Gasteiger partial charge is 0.339 e. The fourth-order valence-electron chi connectivity index (χ4n) is 2.58. The maximum atomic E-state index is 12.3. The van der Waals surface area contributed by atoms with E-state index in [1.165, 1.54) is 0 Å². The van der Waals surface area contributed by atoms with Gasteiger partial charge in [0.1, 0.15) is 11.3 Å². The minimum absolute atomic E-state index is 0.136. The summed E-state index contributed by atoms with van der Waals surface area (Å²) in [7, 11) is 0. The van der Waals surface area contributed by atoms with E-state index in [9.17, 15) is 9.59 Å². The van der Waals surface area contributed by atoms with Crippen LogP contribution in [0, 0.1) is 6.92 Å². The highest BCUT2D eigenvalue weighted by atomic mass is 35.5. The number of esters is 1. The van der Waals surface area contributed by atoms with Gasteiger partial charge >= 0.3 is 11.6 Å². The summed E-state index contributed by atoms with van der Waals surface area (Å²) in [6, 6.07) is 3.39. The van der Waals surface area contributed by atoms with Crippen molar-refractivity contribution in [3.63, 3.8) is 0 Å². The van der Waals surface area contributed by atoms with Gasteiger partial charge in [-0.15, -0.1) is 0 Å². The van der Waals surface area contributed by atoms with Gasteiger partial charge in [-0.1, -0.05) is 24.9 Å². The molecule has 5 nitrogen and oxygen atoms in total. The molecule has 0 amide bonds. The maximum absolute atomic E-state index is 12.3. The second-order valence-corrected chi connectivity index (χ2v) is 6.19. The van der Waals surface area contributed by atoms with Crippen molar-refractivity contribution in [2.24, 2.45) is 0 Å². The highest BCUT2D eigenvalue weighted by Gasteiger charge is 2.15. The number of unbranched alkanes of at least 4 members (excludes halogenated alkanes) is 1. The molecule has 1 aromatic carbocycles. The summed E-state index contributed by atoms with van der Waals surface area (Å²) in [4.78, 5) is 23.8. The van der Waals surface area contributed by atoms with Gasteiger partial charge in [0.2, 0.25) is 0 Å². The van der Waals surface area contributed by atoms with E-state index in [1.54, 1.807) is 19.1 Å². The van der Waals surface area contributed by atoms with E-state index in [0.29, 0.717) is 35.1 Å². The number of rotatable bonds is 8.